The average Bonchev–Trinajstić information content (AvgIpc) is 3.00. The van der Waals surface area contributed by atoms with Gasteiger partial charge in [0, 0.05) is 22.9 Å². The van der Waals surface area contributed by atoms with E-state index in [1.54, 1.807) is 32.6 Å². The SMILES string of the molecule is CN=C(NCc1cc(OC)c(OC)cc1Br)NCc1sccc1C. The van der Waals surface area contributed by atoms with Crippen molar-refractivity contribution in [3.8, 4) is 11.5 Å². The molecule has 2 rings (SSSR count). The lowest BCUT2D eigenvalue weighted by Crippen LogP contribution is -2.36. The minimum absolute atomic E-state index is 0.615. The molecule has 0 atom stereocenters. The van der Waals surface area contributed by atoms with Gasteiger partial charge in [0.1, 0.15) is 0 Å². The van der Waals surface area contributed by atoms with Crippen LogP contribution in [0.4, 0.5) is 0 Å². The molecule has 2 N–H and O–H groups in total. The molecule has 0 aliphatic carbocycles. The van der Waals surface area contributed by atoms with Gasteiger partial charge in [0.25, 0.3) is 0 Å². The summed E-state index contributed by atoms with van der Waals surface area (Å²) in [4.78, 5) is 5.58. The van der Waals surface area contributed by atoms with Crippen molar-refractivity contribution in [1.29, 1.82) is 0 Å². The maximum Gasteiger partial charge on any atom is 0.191 e. The molecule has 0 radical (unpaired) electrons. The molecule has 0 aliphatic heterocycles. The lowest BCUT2D eigenvalue weighted by Gasteiger charge is -2.15. The van der Waals surface area contributed by atoms with Gasteiger partial charge >= 0.3 is 0 Å². The van der Waals surface area contributed by atoms with E-state index in [4.69, 9.17) is 9.47 Å². The highest BCUT2D eigenvalue weighted by Crippen LogP contribution is 2.33. The van der Waals surface area contributed by atoms with E-state index in [9.17, 15) is 0 Å². The van der Waals surface area contributed by atoms with Gasteiger partial charge in [0.05, 0.1) is 20.8 Å². The standard InChI is InChI=1S/C17H22BrN3O2S/c1-11-5-6-24-16(11)10-21-17(19-2)20-9-12-7-14(22-3)15(23-4)8-13(12)18/h5-8H,9-10H2,1-4H3,(H2,19,20,21). The number of hydrogen-bond acceptors (Lipinski definition) is 4. The van der Waals surface area contributed by atoms with E-state index in [0.717, 1.165) is 22.5 Å². The molecule has 0 amide bonds. The fourth-order valence-corrected chi connectivity index (χ4v) is 3.49. The Morgan fingerprint density at radius 2 is 1.83 bits per heavy atom. The number of halogens is 1. The number of aliphatic imine (C=N–C) groups is 1. The molecule has 7 heteroatoms. The normalized spacial score (nSPS) is 11.3. The van der Waals surface area contributed by atoms with E-state index in [1.165, 1.54) is 10.4 Å². The maximum absolute atomic E-state index is 5.36. The Balaban J connectivity index is 1.99. The number of thiophene rings is 1. The molecule has 24 heavy (non-hydrogen) atoms. The predicted octanol–water partition coefficient (Wildman–Crippen LogP) is 3.70. The van der Waals surface area contributed by atoms with E-state index in [0.29, 0.717) is 18.0 Å². The van der Waals surface area contributed by atoms with Crippen molar-refractivity contribution in [3.63, 3.8) is 0 Å². The van der Waals surface area contributed by atoms with Gasteiger partial charge in [-0.1, -0.05) is 15.9 Å². The van der Waals surface area contributed by atoms with Crippen molar-refractivity contribution in [3.05, 3.63) is 44.1 Å². The van der Waals surface area contributed by atoms with E-state index >= 15 is 0 Å². The van der Waals surface area contributed by atoms with Crippen molar-refractivity contribution in [1.82, 2.24) is 10.6 Å². The summed E-state index contributed by atoms with van der Waals surface area (Å²) in [6, 6.07) is 5.98. The van der Waals surface area contributed by atoms with E-state index in [1.807, 2.05) is 12.1 Å². The summed E-state index contributed by atoms with van der Waals surface area (Å²) in [5.41, 5.74) is 2.36. The molecular weight excluding hydrogens is 390 g/mol. The van der Waals surface area contributed by atoms with Crippen LogP contribution < -0.4 is 20.1 Å². The highest BCUT2D eigenvalue weighted by Gasteiger charge is 2.10. The summed E-state index contributed by atoms with van der Waals surface area (Å²) in [5.74, 6) is 2.16. The van der Waals surface area contributed by atoms with Gasteiger partial charge in [0.15, 0.2) is 17.5 Å². The zero-order valence-electron chi connectivity index (χ0n) is 14.3. The largest absolute Gasteiger partial charge is 0.493 e. The Bertz CT molecular complexity index is 716. The summed E-state index contributed by atoms with van der Waals surface area (Å²) in [5, 5.41) is 8.75. The number of guanidine groups is 1. The van der Waals surface area contributed by atoms with Crippen LogP contribution in [0.3, 0.4) is 0 Å². The van der Waals surface area contributed by atoms with Crippen LogP contribution in [0.15, 0.2) is 33.0 Å². The van der Waals surface area contributed by atoms with Crippen LogP contribution in [-0.4, -0.2) is 27.2 Å². The summed E-state index contributed by atoms with van der Waals surface area (Å²) >= 11 is 5.31. The zero-order chi connectivity index (χ0) is 17.5. The Morgan fingerprint density at radius 1 is 1.17 bits per heavy atom. The van der Waals surface area contributed by atoms with Crippen molar-refractivity contribution < 1.29 is 9.47 Å². The first-order chi connectivity index (χ1) is 11.6. The van der Waals surface area contributed by atoms with E-state index in [2.05, 4.69) is 49.9 Å². The quantitative estimate of drug-likeness (QED) is 0.561. The monoisotopic (exact) mass is 411 g/mol. The summed E-state index contributed by atoms with van der Waals surface area (Å²) in [6.07, 6.45) is 0. The molecule has 1 aromatic heterocycles. The second-order valence-electron chi connectivity index (χ2n) is 5.10. The molecule has 0 saturated heterocycles. The molecule has 130 valence electrons. The number of aryl methyl sites for hydroxylation is 1. The second kappa shape index (κ2) is 8.94. The third-order valence-corrected chi connectivity index (χ3v) is 5.37. The number of ether oxygens (including phenoxy) is 2. The number of nitrogens with one attached hydrogen (secondary N) is 2. The molecular formula is C17H22BrN3O2S. The Morgan fingerprint density at radius 3 is 2.42 bits per heavy atom. The van der Waals surface area contributed by atoms with Crippen molar-refractivity contribution in [2.75, 3.05) is 21.3 Å². The molecule has 0 aliphatic rings. The fourth-order valence-electron chi connectivity index (χ4n) is 2.18. The third-order valence-electron chi connectivity index (χ3n) is 3.61. The zero-order valence-corrected chi connectivity index (χ0v) is 16.7. The summed E-state index contributed by atoms with van der Waals surface area (Å²) in [7, 11) is 5.02. The Kier molecular flexibility index (Phi) is 6.93. The third kappa shape index (κ3) is 4.64. The predicted molar refractivity (Wildman–Crippen MR) is 103 cm³/mol. The molecule has 2 aromatic rings. The molecule has 0 fully saturated rings. The lowest BCUT2D eigenvalue weighted by atomic mass is 10.2. The number of hydrogen-bond donors (Lipinski definition) is 2. The Labute approximate surface area is 155 Å². The van der Waals surface area contributed by atoms with Crippen LogP contribution in [0, 0.1) is 6.92 Å². The minimum Gasteiger partial charge on any atom is -0.493 e. The van der Waals surface area contributed by atoms with Gasteiger partial charge < -0.3 is 20.1 Å². The maximum atomic E-state index is 5.36. The topological polar surface area (TPSA) is 54.9 Å². The number of nitrogens with zero attached hydrogens (tertiary/aromatic N) is 1. The van der Waals surface area contributed by atoms with Crippen LogP contribution in [0.25, 0.3) is 0 Å². The van der Waals surface area contributed by atoms with Crippen LogP contribution in [0.1, 0.15) is 16.0 Å². The van der Waals surface area contributed by atoms with E-state index in [-0.39, 0.29) is 0 Å². The van der Waals surface area contributed by atoms with Gasteiger partial charge in [-0.05, 0) is 41.6 Å². The van der Waals surface area contributed by atoms with Crippen molar-refractivity contribution in [2.45, 2.75) is 20.0 Å². The molecule has 0 bridgehead atoms. The van der Waals surface area contributed by atoms with E-state index < -0.39 is 0 Å². The van der Waals surface area contributed by atoms with Gasteiger partial charge in [0.2, 0.25) is 0 Å². The van der Waals surface area contributed by atoms with Crippen molar-refractivity contribution >= 4 is 33.2 Å². The minimum atomic E-state index is 0.615. The molecule has 0 unspecified atom stereocenters. The Hall–Kier alpha value is -1.73. The van der Waals surface area contributed by atoms with Gasteiger partial charge in [-0.15, -0.1) is 11.3 Å². The number of methoxy groups -OCH3 is 2. The average molecular weight is 412 g/mol. The van der Waals surface area contributed by atoms with Gasteiger partial charge in [-0.25, -0.2) is 0 Å². The smallest absolute Gasteiger partial charge is 0.191 e. The number of benzene rings is 1. The summed E-state index contributed by atoms with van der Waals surface area (Å²) < 4.78 is 11.6. The molecule has 1 heterocycles. The van der Waals surface area contributed by atoms with Gasteiger partial charge in [-0.2, -0.15) is 0 Å². The first kappa shape index (κ1) is 18.6. The first-order valence-corrected chi connectivity index (χ1v) is 9.14. The molecule has 0 saturated carbocycles. The van der Waals surface area contributed by atoms with Crippen LogP contribution >= 0.6 is 27.3 Å². The molecule has 1 aromatic carbocycles. The first-order valence-electron chi connectivity index (χ1n) is 7.47. The molecule has 5 nitrogen and oxygen atoms in total. The van der Waals surface area contributed by atoms with Crippen LogP contribution in [0.5, 0.6) is 11.5 Å². The highest BCUT2D eigenvalue weighted by molar-refractivity contribution is 9.10. The van der Waals surface area contributed by atoms with Crippen molar-refractivity contribution in [2.24, 2.45) is 4.99 Å². The number of rotatable bonds is 6. The lowest BCUT2D eigenvalue weighted by molar-refractivity contribution is 0.354. The fraction of sp³-hybridized carbons (Fsp3) is 0.353. The second-order valence-corrected chi connectivity index (χ2v) is 6.96. The highest BCUT2D eigenvalue weighted by atomic mass is 79.9. The van der Waals surface area contributed by atoms with Crippen LogP contribution in [-0.2, 0) is 13.1 Å². The van der Waals surface area contributed by atoms with Crippen LogP contribution in [0.2, 0.25) is 0 Å². The van der Waals surface area contributed by atoms with Gasteiger partial charge in [-0.3, -0.25) is 4.99 Å². The summed E-state index contributed by atoms with van der Waals surface area (Å²) in [6.45, 7) is 3.49. The molecule has 0 spiro atoms.